The lowest BCUT2D eigenvalue weighted by Gasteiger charge is -2.22. The molecule has 0 aromatic rings. The molecule has 1 atom stereocenters. The molecule has 1 heterocycles. The van der Waals surface area contributed by atoms with Gasteiger partial charge >= 0.3 is 6.68 Å². The highest BCUT2D eigenvalue weighted by Crippen LogP contribution is 2.11. The van der Waals surface area contributed by atoms with Gasteiger partial charge < -0.3 is 9.22 Å². The summed E-state index contributed by atoms with van der Waals surface area (Å²) in [5.74, 6) is 0. The Morgan fingerprint density at radius 2 is 1.67 bits per heavy atom. The van der Waals surface area contributed by atoms with Gasteiger partial charge in [-0.1, -0.05) is 0 Å². The summed E-state index contributed by atoms with van der Waals surface area (Å²) in [6.45, 7) is -1.53. The highest BCUT2D eigenvalue weighted by molar-refractivity contribution is 4.66. The maximum absolute atomic E-state index is 9.67. The summed E-state index contributed by atoms with van der Waals surface area (Å²) in [5.41, 5.74) is 0. The van der Waals surface area contributed by atoms with Crippen molar-refractivity contribution in [3.63, 3.8) is 0 Å². The lowest BCUT2D eigenvalue weighted by atomic mass is 10.4. The summed E-state index contributed by atoms with van der Waals surface area (Å²) in [7, 11) is 6.55. The minimum atomic E-state index is -3.67. The Kier molecular flexibility index (Phi) is 4.55. The van der Waals surface area contributed by atoms with Crippen molar-refractivity contribution in [1.29, 1.82) is 0 Å². The number of rotatable bonds is 2. The first-order valence-electron chi connectivity index (χ1n) is 3.65. The first-order chi connectivity index (χ1) is 5.31. The van der Waals surface area contributed by atoms with Gasteiger partial charge in [-0.3, -0.25) is 0 Å². The zero-order valence-corrected chi connectivity index (χ0v) is 7.56. The Morgan fingerprint density at radius 3 is 1.75 bits per heavy atom. The Balaban J connectivity index is 0.000000261. The average molecular weight is 186 g/mol. The SMILES string of the molecule is C[N+](C)(C)CC1CO1.FC(F)F. The fourth-order valence-corrected chi connectivity index (χ4v) is 0.784. The minimum Gasteiger partial charge on any atom is -0.367 e. The summed E-state index contributed by atoms with van der Waals surface area (Å²) < 4.78 is 35.1. The molecule has 0 bridgehead atoms. The van der Waals surface area contributed by atoms with E-state index in [4.69, 9.17) is 4.74 Å². The van der Waals surface area contributed by atoms with E-state index < -0.39 is 6.68 Å². The fourth-order valence-electron chi connectivity index (χ4n) is 0.784. The smallest absolute Gasteiger partial charge is 0.367 e. The fraction of sp³-hybridized carbons (Fsp3) is 1.00. The summed E-state index contributed by atoms with van der Waals surface area (Å²) in [6, 6.07) is 0. The number of halogens is 3. The topological polar surface area (TPSA) is 12.5 Å². The lowest BCUT2D eigenvalue weighted by molar-refractivity contribution is -0.870. The molecule has 1 fully saturated rings. The molecule has 0 aliphatic carbocycles. The van der Waals surface area contributed by atoms with Crippen LogP contribution in [0.2, 0.25) is 0 Å². The first-order valence-corrected chi connectivity index (χ1v) is 3.65. The molecule has 5 heteroatoms. The molecule has 1 aliphatic rings. The van der Waals surface area contributed by atoms with Gasteiger partial charge in [-0.25, -0.2) is 0 Å². The van der Waals surface area contributed by atoms with Crippen LogP contribution in [0.1, 0.15) is 0 Å². The van der Waals surface area contributed by atoms with Gasteiger partial charge in [0.2, 0.25) is 0 Å². The Bertz CT molecular complexity index is 118. The zero-order valence-electron chi connectivity index (χ0n) is 7.56. The monoisotopic (exact) mass is 186 g/mol. The van der Waals surface area contributed by atoms with Crippen molar-refractivity contribution in [2.75, 3.05) is 34.3 Å². The van der Waals surface area contributed by atoms with E-state index in [-0.39, 0.29) is 0 Å². The standard InChI is InChI=1S/C6H14NO.CHF3/c1-7(2,3)4-6-5-8-6;2-1(3)4/h6H,4-5H2,1-3H3;1H/q+1;. The molecule has 1 aliphatic heterocycles. The first kappa shape index (κ1) is 11.7. The van der Waals surface area contributed by atoms with Crippen LogP contribution in [0.5, 0.6) is 0 Å². The largest absolute Gasteiger partial charge is 0.379 e. The average Bonchev–Trinajstić information content (AvgIpc) is 2.42. The Labute approximate surface area is 70.5 Å². The Morgan fingerprint density at radius 1 is 1.33 bits per heavy atom. The normalized spacial score (nSPS) is 21.8. The highest BCUT2D eigenvalue weighted by atomic mass is 19.4. The van der Waals surface area contributed by atoms with Crippen molar-refractivity contribution in [1.82, 2.24) is 0 Å². The van der Waals surface area contributed by atoms with Gasteiger partial charge in [-0.05, 0) is 0 Å². The molecule has 0 aromatic carbocycles. The second kappa shape index (κ2) is 4.67. The van der Waals surface area contributed by atoms with Crippen LogP contribution in [-0.4, -0.2) is 51.6 Å². The van der Waals surface area contributed by atoms with E-state index >= 15 is 0 Å². The third kappa shape index (κ3) is 12.4. The number of nitrogens with zero attached hydrogens (tertiary/aromatic N) is 1. The van der Waals surface area contributed by atoms with Crippen LogP contribution >= 0.6 is 0 Å². The van der Waals surface area contributed by atoms with Crippen LogP contribution in [0.3, 0.4) is 0 Å². The van der Waals surface area contributed by atoms with E-state index in [9.17, 15) is 13.2 Å². The lowest BCUT2D eigenvalue weighted by Crippen LogP contribution is -2.37. The summed E-state index contributed by atoms with van der Waals surface area (Å²) in [6.07, 6.45) is 0.565. The van der Waals surface area contributed by atoms with Gasteiger partial charge in [0, 0.05) is 0 Å². The summed E-state index contributed by atoms with van der Waals surface area (Å²) in [4.78, 5) is 0. The molecular formula is C7H15F3NO+. The molecular weight excluding hydrogens is 171 g/mol. The van der Waals surface area contributed by atoms with E-state index in [1.54, 1.807) is 0 Å². The molecule has 0 spiro atoms. The van der Waals surface area contributed by atoms with Crippen molar-refractivity contribution < 1.29 is 22.4 Å². The molecule has 0 amide bonds. The van der Waals surface area contributed by atoms with Crippen molar-refractivity contribution in [3.05, 3.63) is 0 Å². The quantitative estimate of drug-likeness (QED) is 0.467. The van der Waals surface area contributed by atoms with Gasteiger partial charge in [0.1, 0.15) is 12.6 Å². The van der Waals surface area contributed by atoms with E-state index in [1.807, 2.05) is 0 Å². The van der Waals surface area contributed by atoms with E-state index in [0.717, 1.165) is 17.6 Å². The van der Waals surface area contributed by atoms with Crippen LogP contribution < -0.4 is 0 Å². The van der Waals surface area contributed by atoms with Crippen molar-refractivity contribution in [2.24, 2.45) is 0 Å². The molecule has 1 rings (SSSR count). The van der Waals surface area contributed by atoms with E-state index in [1.165, 1.54) is 0 Å². The van der Waals surface area contributed by atoms with Crippen LogP contribution in [0, 0.1) is 0 Å². The van der Waals surface area contributed by atoms with E-state index in [0.29, 0.717) is 6.10 Å². The third-order valence-electron chi connectivity index (χ3n) is 1.15. The number of alkyl halides is 3. The Hall–Kier alpha value is -0.290. The van der Waals surface area contributed by atoms with Gasteiger partial charge in [0.05, 0.1) is 27.7 Å². The number of epoxide rings is 1. The second-order valence-electron chi connectivity index (χ2n) is 3.68. The van der Waals surface area contributed by atoms with Crippen molar-refractivity contribution in [3.8, 4) is 0 Å². The number of hydrogen-bond donors (Lipinski definition) is 0. The summed E-state index contributed by atoms with van der Waals surface area (Å²) in [5, 5.41) is 0. The minimum absolute atomic E-state index is 0.565. The summed E-state index contributed by atoms with van der Waals surface area (Å²) >= 11 is 0. The molecule has 1 unspecified atom stereocenters. The molecule has 1 saturated heterocycles. The maximum atomic E-state index is 9.67. The zero-order chi connectivity index (χ0) is 9.78. The molecule has 0 radical (unpaired) electrons. The molecule has 0 aromatic heterocycles. The van der Waals surface area contributed by atoms with Crippen LogP contribution in [0.4, 0.5) is 13.2 Å². The predicted molar refractivity (Wildman–Crippen MR) is 39.8 cm³/mol. The van der Waals surface area contributed by atoms with Crippen molar-refractivity contribution in [2.45, 2.75) is 12.8 Å². The molecule has 74 valence electrons. The third-order valence-corrected chi connectivity index (χ3v) is 1.15. The number of likely N-dealkylation sites (N-methyl/N-ethyl adjacent to an activating group) is 1. The molecule has 0 saturated carbocycles. The molecule has 0 N–H and O–H groups in total. The maximum Gasteiger partial charge on any atom is 0.379 e. The number of hydrogen-bond acceptors (Lipinski definition) is 1. The van der Waals surface area contributed by atoms with Crippen LogP contribution in [0.15, 0.2) is 0 Å². The number of ether oxygens (including phenoxy) is 1. The van der Waals surface area contributed by atoms with Crippen molar-refractivity contribution >= 4 is 0 Å². The van der Waals surface area contributed by atoms with Crippen LogP contribution in [0.25, 0.3) is 0 Å². The molecule has 12 heavy (non-hydrogen) atoms. The van der Waals surface area contributed by atoms with Crippen LogP contribution in [-0.2, 0) is 4.74 Å². The van der Waals surface area contributed by atoms with E-state index in [2.05, 4.69) is 21.1 Å². The van der Waals surface area contributed by atoms with Gasteiger partial charge in [-0.15, -0.1) is 0 Å². The number of quaternary nitrogens is 1. The van der Waals surface area contributed by atoms with Gasteiger partial charge in [0.15, 0.2) is 0 Å². The second-order valence-corrected chi connectivity index (χ2v) is 3.68. The molecule has 2 nitrogen and oxygen atoms in total. The highest BCUT2D eigenvalue weighted by Gasteiger charge is 2.28. The predicted octanol–water partition coefficient (Wildman–Crippen LogP) is 1.27. The van der Waals surface area contributed by atoms with Gasteiger partial charge in [0.25, 0.3) is 0 Å². The van der Waals surface area contributed by atoms with Gasteiger partial charge in [-0.2, -0.15) is 13.2 Å².